The molecule has 3 atom stereocenters. The molecule has 2 rings (SSSR count). The van der Waals surface area contributed by atoms with Crippen LogP contribution in [0.25, 0.3) is 0 Å². The van der Waals surface area contributed by atoms with Crippen LogP contribution in [-0.4, -0.2) is 23.8 Å². The first-order valence-corrected chi connectivity index (χ1v) is 8.43. The van der Waals surface area contributed by atoms with Crippen molar-refractivity contribution in [3.63, 3.8) is 0 Å². The van der Waals surface area contributed by atoms with Crippen molar-refractivity contribution in [2.45, 2.75) is 57.5 Å². The Labute approximate surface area is 133 Å². The Hall–Kier alpha value is -1.55. The van der Waals surface area contributed by atoms with Gasteiger partial charge < -0.3 is 15.7 Å². The number of hydrogen-bond acceptors (Lipinski definition) is 2. The maximum atomic E-state index is 12.3. The van der Waals surface area contributed by atoms with Gasteiger partial charge in [-0.1, -0.05) is 50.1 Å². The van der Waals surface area contributed by atoms with Gasteiger partial charge in [0.2, 0.25) is 0 Å². The second-order valence-electron chi connectivity index (χ2n) is 6.32. The Bertz CT molecular complexity index is 450. The molecule has 1 aromatic carbocycles. The minimum absolute atomic E-state index is 0.0488. The average Bonchev–Trinajstić information content (AvgIpc) is 2.54. The molecule has 0 aliphatic heterocycles. The number of carbonyl (C=O) groups is 1. The van der Waals surface area contributed by atoms with Gasteiger partial charge in [-0.15, -0.1) is 0 Å². The van der Waals surface area contributed by atoms with Crippen molar-refractivity contribution in [2.24, 2.45) is 5.92 Å². The van der Waals surface area contributed by atoms with Crippen molar-refractivity contribution < 1.29 is 9.90 Å². The van der Waals surface area contributed by atoms with E-state index in [2.05, 4.69) is 17.6 Å². The molecule has 4 nitrogen and oxygen atoms in total. The van der Waals surface area contributed by atoms with E-state index in [1.165, 1.54) is 19.3 Å². The Balaban J connectivity index is 1.92. The molecule has 3 N–H and O–H groups in total. The fourth-order valence-corrected chi connectivity index (χ4v) is 3.20. The van der Waals surface area contributed by atoms with Crippen molar-refractivity contribution in [1.82, 2.24) is 10.6 Å². The second-order valence-corrected chi connectivity index (χ2v) is 6.32. The Morgan fingerprint density at radius 1 is 1.27 bits per heavy atom. The number of nitrogens with one attached hydrogen (secondary N) is 2. The van der Waals surface area contributed by atoms with E-state index < -0.39 is 0 Å². The summed E-state index contributed by atoms with van der Waals surface area (Å²) < 4.78 is 0. The summed E-state index contributed by atoms with van der Waals surface area (Å²) in [6.45, 7) is 2.36. The smallest absolute Gasteiger partial charge is 0.315 e. The molecule has 22 heavy (non-hydrogen) atoms. The zero-order chi connectivity index (χ0) is 15.8. The van der Waals surface area contributed by atoms with E-state index in [0.29, 0.717) is 12.3 Å². The van der Waals surface area contributed by atoms with Gasteiger partial charge in [0.25, 0.3) is 0 Å². The maximum absolute atomic E-state index is 12.3. The zero-order valence-corrected chi connectivity index (χ0v) is 13.4. The van der Waals surface area contributed by atoms with Crippen LogP contribution in [0.3, 0.4) is 0 Å². The average molecular weight is 304 g/mol. The number of carbonyl (C=O) groups excluding carboxylic acids is 1. The first-order chi connectivity index (χ1) is 10.7. The highest BCUT2D eigenvalue weighted by Crippen LogP contribution is 2.24. The summed E-state index contributed by atoms with van der Waals surface area (Å²) in [6.07, 6.45) is 6.15. The lowest BCUT2D eigenvalue weighted by molar-refractivity contribution is 0.215. The highest BCUT2D eigenvalue weighted by Gasteiger charge is 2.23. The Morgan fingerprint density at radius 2 is 2.00 bits per heavy atom. The van der Waals surface area contributed by atoms with Gasteiger partial charge in [-0.2, -0.15) is 0 Å². The molecule has 1 saturated carbocycles. The second kappa shape index (κ2) is 8.79. The van der Waals surface area contributed by atoms with Gasteiger partial charge in [0.1, 0.15) is 0 Å². The molecule has 1 aromatic rings. The summed E-state index contributed by atoms with van der Waals surface area (Å²) in [7, 11) is 0. The quantitative estimate of drug-likeness (QED) is 0.754. The molecule has 1 fully saturated rings. The number of aliphatic hydroxyl groups excluding tert-OH is 1. The third kappa shape index (κ3) is 5.02. The maximum Gasteiger partial charge on any atom is 0.315 e. The SMILES string of the molecule is CC1CCCCC1NC(=O)NC(CCCO)c1ccccc1. The summed E-state index contributed by atoms with van der Waals surface area (Å²) in [5.74, 6) is 0.548. The number of hydrogen-bond donors (Lipinski definition) is 3. The molecule has 0 heterocycles. The highest BCUT2D eigenvalue weighted by molar-refractivity contribution is 5.74. The topological polar surface area (TPSA) is 61.4 Å². The lowest BCUT2D eigenvalue weighted by Gasteiger charge is -2.30. The Kier molecular flexibility index (Phi) is 6.72. The van der Waals surface area contributed by atoms with Gasteiger partial charge in [0.15, 0.2) is 0 Å². The predicted octanol–water partition coefficient (Wildman–Crippen LogP) is 3.38. The fraction of sp³-hybridized carbons (Fsp3) is 0.611. The summed E-state index contributed by atoms with van der Waals surface area (Å²) in [4.78, 5) is 12.3. The van der Waals surface area contributed by atoms with E-state index in [1.807, 2.05) is 30.3 Å². The van der Waals surface area contributed by atoms with E-state index >= 15 is 0 Å². The molecular formula is C18H28N2O2. The van der Waals surface area contributed by atoms with Crippen LogP contribution in [0.2, 0.25) is 0 Å². The van der Waals surface area contributed by atoms with Crippen LogP contribution in [-0.2, 0) is 0 Å². The highest BCUT2D eigenvalue weighted by atomic mass is 16.3. The third-order valence-corrected chi connectivity index (χ3v) is 4.59. The summed E-state index contributed by atoms with van der Waals surface area (Å²) in [5, 5.41) is 15.3. The molecule has 0 radical (unpaired) electrons. The van der Waals surface area contributed by atoms with E-state index in [0.717, 1.165) is 18.4 Å². The molecule has 122 valence electrons. The number of amides is 2. The largest absolute Gasteiger partial charge is 0.396 e. The normalized spacial score (nSPS) is 22.8. The summed E-state index contributed by atoms with van der Waals surface area (Å²) >= 11 is 0. The third-order valence-electron chi connectivity index (χ3n) is 4.59. The molecule has 3 unspecified atom stereocenters. The lowest BCUT2D eigenvalue weighted by atomic mass is 9.86. The summed E-state index contributed by atoms with van der Waals surface area (Å²) in [6, 6.07) is 10.1. The van der Waals surface area contributed by atoms with Crippen LogP contribution in [0.1, 0.15) is 57.1 Å². The van der Waals surface area contributed by atoms with Gasteiger partial charge >= 0.3 is 6.03 Å². The van der Waals surface area contributed by atoms with Gasteiger partial charge in [0, 0.05) is 12.6 Å². The minimum Gasteiger partial charge on any atom is -0.396 e. The standard InChI is InChI=1S/C18H28N2O2/c1-14-8-5-6-11-16(14)19-18(22)20-17(12-7-13-21)15-9-3-2-4-10-15/h2-4,9-10,14,16-17,21H,5-8,11-13H2,1H3,(H2,19,20,22). The predicted molar refractivity (Wildman–Crippen MR) is 88.6 cm³/mol. The van der Waals surface area contributed by atoms with Crippen LogP contribution in [0.5, 0.6) is 0 Å². The lowest BCUT2D eigenvalue weighted by Crippen LogP contribution is -2.47. The van der Waals surface area contributed by atoms with E-state index in [9.17, 15) is 4.79 Å². The molecule has 4 heteroatoms. The molecule has 2 amide bonds. The van der Waals surface area contributed by atoms with Crippen LogP contribution in [0.15, 0.2) is 30.3 Å². The van der Waals surface area contributed by atoms with Crippen LogP contribution in [0.4, 0.5) is 4.79 Å². The van der Waals surface area contributed by atoms with Crippen molar-refractivity contribution >= 4 is 6.03 Å². The molecule has 0 bridgehead atoms. The van der Waals surface area contributed by atoms with E-state index in [4.69, 9.17) is 5.11 Å². The van der Waals surface area contributed by atoms with Crippen LogP contribution >= 0.6 is 0 Å². The molecular weight excluding hydrogens is 276 g/mol. The number of urea groups is 1. The van der Waals surface area contributed by atoms with Crippen molar-refractivity contribution in [3.05, 3.63) is 35.9 Å². The van der Waals surface area contributed by atoms with E-state index in [-0.39, 0.29) is 24.7 Å². The number of rotatable bonds is 6. The van der Waals surface area contributed by atoms with Crippen LogP contribution in [0, 0.1) is 5.92 Å². The van der Waals surface area contributed by atoms with Crippen molar-refractivity contribution in [2.75, 3.05) is 6.61 Å². The van der Waals surface area contributed by atoms with Gasteiger partial charge in [-0.25, -0.2) is 4.79 Å². The molecule has 0 saturated heterocycles. The molecule has 1 aliphatic carbocycles. The van der Waals surface area contributed by atoms with Crippen molar-refractivity contribution in [3.8, 4) is 0 Å². The van der Waals surface area contributed by atoms with Gasteiger partial charge in [-0.3, -0.25) is 0 Å². The van der Waals surface area contributed by atoms with Crippen LogP contribution < -0.4 is 10.6 Å². The van der Waals surface area contributed by atoms with Gasteiger partial charge in [0.05, 0.1) is 6.04 Å². The molecule has 1 aliphatic rings. The minimum atomic E-state index is -0.0921. The Morgan fingerprint density at radius 3 is 2.68 bits per heavy atom. The van der Waals surface area contributed by atoms with Gasteiger partial charge in [-0.05, 0) is 37.2 Å². The summed E-state index contributed by atoms with van der Waals surface area (Å²) in [5.41, 5.74) is 1.09. The van der Waals surface area contributed by atoms with Crippen molar-refractivity contribution in [1.29, 1.82) is 0 Å². The number of benzene rings is 1. The monoisotopic (exact) mass is 304 g/mol. The first-order valence-electron chi connectivity index (χ1n) is 8.43. The molecule has 0 aromatic heterocycles. The first kappa shape index (κ1) is 16.8. The number of aliphatic hydroxyl groups is 1. The van der Waals surface area contributed by atoms with E-state index in [1.54, 1.807) is 0 Å². The zero-order valence-electron chi connectivity index (χ0n) is 13.4. The fourth-order valence-electron chi connectivity index (χ4n) is 3.20. The molecule has 0 spiro atoms.